The molecule has 4 heterocycles. The van der Waals surface area contributed by atoms with Gasteiger partial charge in [-0.25, -0.2) is 28.4 Å². The number of hydrogen-bond donors (Lipinski definition) is 1. The Labute approximate surface area is 412 Å². The highest BCUT2D eigenvalue weighted by Crippen LogP contribution is 2.32. The van der Waals surface area contributed by atoms with Crippen LogP contribution in [-0.2, 0) is 51.0 Å². The number of hydrogen-bond acceptors (Lipinski definition) is 11. The van der Waals surface area contributed by atoms with Gasteiger partial charge in [0.05, 0.1) is 41.3 Å². The van der Waals surface area contributed by atoms with E-state index in [0.29, 0.717) is 17.5 Å². The Morgan fingerprint density at radius 1 is 0.559 bits per heavy atom. The fourth-order valence-corrected chi connectivity index (χ4v) is 10.5. The van der Waals surface area contributed by atoms with Gasteiger partial charge in [0.1, 0.15) is 33.4 Å². The van der Waals surface area contributed by atoms with Gasteiger partial charge in [-0.1, -0.05) is 121 Å². The number of sulfone groups is 1. The minimum Gasteiger partial charge on any atom is -0.326 e. The SMILES string of the molecule is CCc1ncc(Sc2ccc3ccccc3c2)n1C.Cn1c(Br)cnc1C#N.Cn1c(S(=O)(=O)c2ccc3ccccc3c2)cnc1CN.Cn1c(Sc2ccc3ccccc3c2)cnc1C#N. The van der Waals surface area contributed by atoms with Gasteiger partial charge in [0.25, 0.3) is 0 Å². The minimum atomic E-state index is -3.61. The lowest BCUT2D eigenvalue weighted by Gasteiger charge is -2.07. The van der Waals surface area contributed by atoms with Crippen molar-refractivity contribution in [1.29, 1.82) is 10.5 Å². The molecule has 10 rings (SSSR count). The number of nitrogens with zero attached hydrogens (tertiary/aromatic N) is 10. The quantitative estimate of drug-likeness (QED) is 0.153. The number of imidazole rings is 4. The number of nitrogens with two attached hydrogens (primary N) is 1. The largest absolute Gasteiger partial charge is 0.326 e. The smallest absolute Gasteiger partial charge is 0.223 e. The molecule has 0 unspecified atom stereocenters. The summed E-state index contributed by atoms with van der Waals surface area (Å²) >= 11 is 6.59. The zero-order chi connectivity index (χ0) is 48.4. The van der Waals surface area contributed by atoms with E-state index >= 15 is 0 Å². The van der Waals surface area contributed by atoms with Gasteiger partial charge in [-0.3, -0.25) is 0 Å². The fourth-order valence-electron chi connectivity index (χ4n) is 6.97. The van der Waals surface area contributed by atoms with Crippen molar-refractivity contribution in [2.45, 2.75) is 49.7 Å². The Kier molecular flexibility index (Phi) is 16.0. The second kappa shape index (κ2) is 22.2. The van der Waals surface area contributed by atoms with Gasteiger partial charge in [0.15, 0.2) is 5.03 Å². The summed E-state index contributed by atoms with van der Waals surface area (Å²) in [6, 6.07) is 46.4. The number of halogens is 1. The molecule has 342 valence electrons. The van der Waals surface area contributed by atoms with E-state index in [0.717, 1.165) is 37.5 Å². The van der Waals surface area contributed by atoms with Crippen LogP contribution < -0.4 is 5.73 Å². The standard InChI is InChI=1S/C16H16N2S.C15H15N3O2S.C15H11N3S.C5H4BrN3/c1-3-15-17-11-16(18(15)2)19-14-9-8-12-6-4-5-7-13(12)10-14;1-18-14(9-16)17-10-15(18)21(19,20)13-7-6-11-4-2-3-5-12(11)8-13;1-18-14(9-16)17-10-15(18)19-13-7-6-11-4-2-3-5-12(11)8-13;1-9-4(6)3-8-5(9)2-7/h4-11H,3H2,1-2H3;2-8,10H,9,16H2,1H3;2-8,10H,1H3;3H,1H3. The Morgan fingerprint density at radius 2 is 1.01 bits per heavy atom. The van der Waals surface area contributed by atoms with Gasteiger partial charge in [0.2, 0.25) is 21.5 Å². The Morgan fingerprint density at radius 3 is 1.46 bits per heavy atom. The van der Waals surface area contributed by atoms with E-state index in [1.54, 1.807) is 71.3 Å². The summed E-state index contributed by atoms with van der Waals surface area (Å²) in [6.45, 7) is 2.33. The van der Waals surface area contributed by atoms with Gasteiger partial charge >= 0.3 is 0 Å². The van der Waals surface area contributed by atoms with Crippen LogP contribution in [0.4, 0.5) is 0 Å². The third-order valence-electron chi connectivity index (χ3n) is 10.9. The van der Waals surface area contributed by atoms with Crippen molar-refractivity contribution in [1.82, 2.24) is 38.2 Å². The van der Waals surface area contributed by atoms with E-state index in [1.165, 1.54) is 42.2 Å². The molecule has 0 spiro atoms. The number of aromatic nitrogens is 8. The molecule has 0 saturated carbocycles. The van der Waals surface area contributed by atoms with Gasteiger partial charge in [-0.15, -0.1) is 0 Å². The molecule has 0 amide bonds. The molecule has 0 radical (unpaired) electrons. The van der Waals surface area contributed by atoms with Crippen molar-refractivity contribution in [2.75, 3.05) is 0 Å². The summed E-state index contributed by atoms with van der Waals surface area (Å²) in [5, 5.41) is 26.5. The first kappa shape index (κ1) is 48.9. The Hall–Kier alpha value is -6.99. The van der Waals surface area contributed by atoms with Crippen LogP contribution in [-0.4, -0.2) is 46.6 Å². The average molecular weight is 1020 g/mol. The van der Waals surface area contributed by atoms with Crippen LogP contribution in [0.5, 0.6) is 0 Å². The number of aryl methyl sites for hydroxylation is 1. The van der Waals surface area contributed by atoms with Crippen LogP contribution >= 0.6 is 39.5 Å². The summed E-state index contributed by atoms with van der Waals surface area (Å²) < 4.78 is 33.4. The summed E-state index contributed by atoms with van der Waals surface area (Å²) in [6.07, 6.45) is 7.61. The van der Waals surface area contributed by atoms with Crippen molar-refractivity contribution < 1.29 is 8.42 Å². The maximum absolute atomic E-state index is 12.7. The van der Waals surface area contributed by atoms with Gasteiger partial charge in [-0.05, 0) is 84.6 Å². The molecule has 17 heteroatoms. The van der Waals surface area contributed by atoms with Crippen molar-refractivity contribution >= 4 is 81.6 Å². The third-order valence-corrected chi connectivity index (χ3v) is 15.5. The lowest BCUT2D eigenvalue weighted by molar-refractivity contribution is 0.583. The summed E-state index contributed by atoms with van der Waals surface area (Å²) in [4.78, 5) is 19.0. The molecule has 0 fully saturated rings. The van der Waals surface area contributed by atoms with Crippen molar-refractivity contribution in [2.24, 2.45) is 33.9 Å². The first-order valence-corrected chi connectivity index (χ1v) is 25.0. The number of benzene rings is 6. The van der Waals surface area contributed by atoms with E-state index in [9.17, 15) is 8.42 Å². The number of fused-ring (bicyclic) bond motifs is 3. The highest BCUT2D eigenvalue weighted by molar-refractivity contribution is 9.10. The molecule has 4 aromatic heterocycles. The Bertz CT molecular complexity index is 3580. The second-order valence-electron chi connectivity index (χ2n) is 15.1. The summed E-state index contributed by atoms with van der Waals surface area (Å²) in [5.41, 5.74) is 5.54. The maximum atomic E-state index is 12.7. The van der Waals surface area contributed by atoms with E-state index in [-0.39, 0.29) is 16.5 Å². The molecular formula is C51H46BrN11O2S3. The second-order valence-corrected chi connectivity index (χ2v) is 20.0. The van der Waals surface area contributed by atoms with Crippen LogP contribution in [0, 0.1) is 22.7 Å². The molecule has 0 bridgehead atoms. The normalized spacial score (nSPS) is 10.9. The zero-order valence-electron chi connectivity index (χ0n) is 37.8. The molecule has 0 aliphatic carbocycles. The highest BCUT2D eigenvalue weighted by atomic mass is 79.9. The zero-order valence-corrected chi connectivity index (χ0v) is 41.9. The lowest BCUT2D eigenvalue weighted by atomic mass is 10.1. The van der Waals surface area contributed by atoms with Crippen molar-refractivity contribution in [3.05, 3.63) is 180 Å². The molecule has 68 heavy (non-hydrogen) atoms. The van der Waals surface area contributed by atoms with Crippen molar-refractivity contribution in [3.8, 4) is 12.1 Å². The first-order valence-electron chi connectivity index (χ1n) is 21.1. The molecule has 6 aromatic carbocycles. The van der Waals surface area contributed by atoms with E-state index < -0.39 is 9.84 Å². The van der Waals surface area contributed by atoms with E-state index in [4.69, 9.17) is 16.3 Å². The Balaban J connectivity index is 0.000000139. The molecule has 13 nitrogen and oxygen atoms in total. The molecule has 10 aromatic rings. The molecule has 0 aliphatic rings. The first-order chi connectivity index (χ1) is 32.8. The van der Waals surface area contributed by atoms with Crippen LogP contribution in [0.1, 0.15) is 30.2 Å². The van der Waals surface area contributed by atoms with Gasteiger partial charge in [0, 0.05) is 44.4 Å². The van der Waals surface area contributed by atoms with Gasteiger partial charge < -0.3 is 24.0 Å². The minimum absolute atomic E-state index is 0.151. The predicted octanol–water partition coefficient (Wildman–Crippen LogP) is 10.8. The van der Waals surface area contributed by atoms with Crippen LogP contribution in [0.2, 0.25) is 0 Å². The third kappa shape index (κ3) is 11.2. The van der Waals surface area contributed by atoms with Crippen LogP contribution in [0.15, 0.2) is 187 Å². The average Bonchev–Trinajstić information content (AvgIpc) is 4.13. The molecule has 0 atom stereocenters. The van der Waals surface area contributed by atoms with E-state index in [2.05, 4.69) is 133 Å². The predicted molar refractivity (Wildman–Crippen MR) is 273 cm³/mol. The highest BCUT2D eigenvalue weighted by Gasteiger charge is 2.23. The molecular weight excluding hydrogens is 975 g/mol. The monoisotopic (exact) mass is 1020 g/mol. The lowest BCUT2D eigenvalue weighted by Crippen LogP contribution is -2.11. The summed E-state index contributed by atoms with van der Waals surface area (Å²) in [5.74, 6) is 2.52. The number of nitriles is 2. The fraction of sp³-hybridized carbons (Fsp3) is 0.137. The van der Waals surface area contributed by atoms with Crippen molar-refractivity contribution in [3.63, 3.8) is 0 Å². The molecule has 2 N–H and O–H groups in total. The van der Waals surface area contributed by atoms with Crippen LogP contribution in [0.3, 0.4) is 0 Å². The van der Waals surface area contributed by atoms with E-state index in [1.807, 2.05) is 61.8 Å². The number of rotatable bonds is 8. The maximum Gasteiger partial charge on any atom is 0.223 e. The molecule has 0 saturated heterocycles. The topological polar surface area (TPSA) is 179 Å². The van der Waals surface area contributed by atoms with Gasteiger partial charge in [-0.2, -0.15) is 10.5 Å². The summed E-state index contributed by atoms with van der Waals surface area (Å²) in [7, 11) is 3.76. The molecule has 0 aliphatic heterocycles. The van der Waals surface area contributed by atoms with Crippen LogP contribution in [0.25, 0.3) is 32.3 Å².